The summed E-state index contributed by atoms with van der Waals surface area (Å²) in [6.45, 7) is 0.959. The number of hydrogen-bond acceptors (Lipinski definition) is 1. The smallest absolute Gasteiger partial charge is 0.194 e. The van der Waals surface area contributed by atoms with Gasteiger partial charge in [-0.25, -0.2) is 0 Å². The van der Waals surface area contributed by atoms with Crippen LogP contribution in [0.4, 0.5) is 0 Å². The van der Waals surface area contributed by atoms with Gasteiger partial charge in [-0.15, -0.1) is 0 Å². The van der Waals surface area contributed by atoms with Crippen LogP contribution in [-0.2, 0) is 4.74 Å². The Bertz CT molecular complexity index is 81.0. The maximum atomic E-state index is 5.27. The second-order valence-electron chi connectivity index (χ2n) is 3.23. The first-order valence-electron chi connectivity index (χ1n) is 3.03. The minimum absolute atomic E-state index is 0.468. The highest BCUT2D eigenvalue weighted by molar-refractivity contribution is 4.53. The molecule has 1 rings (SSSR count). The van der Waals surface area contributed by atoms with E-state index in [9.17, 15) is 0 Å². The molecule has 1 unspecified atom stereocenters. The maximum absolute atomic E-state index is 5.27. The van der Waals surface area contributed by atoms with Crippen molar-refractivity contribution in [3.63, 3.8) is 0 Å². The number of ether oxygens (including phenoxy) is 1. The Balaban J connectivity index is 2.34. The standard InChI is InChI=1S/C6H14NO/c1-7(2,3)6-4-5-8-6/h6H,4-5H2,1-3H3/q+1. The van der Waals surface area contributed by atoms with Gasteiger partial charge in [0.15, 0.2) is 6.23 Å². The summed E-state index contributed by atoms with van der Waals surface area (Å²) in [6, 6.07) is 0. The van der Waals surface area contributed by atoms with Gasteiger partial charge in [-0.05, 0) is 0 Å². The van der Waals surface area contributed by atoms with Crippen LogP contribution in [0.25, 0.3) is 0 Å². The molecule has 0 amide bonds. The van der Waals surface area contributed by atoms with E-state index >= 15 is 0 Å². The van der Waals surface area contributed by atoms with E-state index in [0.717, 1.165) is 11.1 Å². The third-order valence-corrected chi connectivity index (χ3v) is 1.54. The van der Waals surface area contributed by atoms with Gasteiger partial charge in [0.1, 0.15) is 0 Å². The molecular formula is C6H14NO+. The first-order valence-corrected chi connectivity index (χ1v) is 3.03. The summed E-state index contributed by atoms with van der Waals surface area (Å²) in [6.07, 6.45) is 1.69. The second-order valence-corrected chi connectivity index (χ2v) is 3.23. The number of rotatable bonds is 1. The molecule has 0 aromatic carbocycles. The van der Waals surface area contributed by atoms with Crippen LogP contribution in [0.3, 0.4) is 0 Å². The third-order valence-electron chi connectivity index (χ3n) is 1.54. The van der Waals surface area contributed by atoms with Crippen molar-refractivity contribution in [3.05, 3.63) is 0 Å². The van der Waals surface area contributed by atoms with Crippen molar-refractivity contribution in [1.29, 1.82) is 0 Å². The molecule has 1 fully saturated rings. The van der Waals surface area contributed by atoms with Gasteiger partial charge >= 0.3 is 0 Å². The van der Waals surface area contributed by atoms with Crippen LogP contribution in [0.15, 0.2) is 0 Å². The Hall–Kier alpha value is -0.0800. The molecule has 0 spiro atoms. The van der Waals surface area contributed by atoms with E-state index in [4.69, 9.17) is 4.74 Å². The molecule has 2 heteroatoms. The normalized spacial score (nSPS) is 29.6. The molecular weight excluding hydrogens is 102 g/mol. The minimum Gasteiger partial charge on any atom is -0.329 e. The molecule has 1 heterocycles. The lowest BCUT2D eigenvalue weighted by Crippen LogP contribution is -2.52. The molecule has 1 aliphatic heterocycles. The fraction of sp³-hybridized carbons (Fsp3) is 1.00. The quantitative estimate of drug-likeness (QED) is 0.452. The SMILES string of the molecule is C[N+](C)(C)C1CCO1. The van der Waals surface area contributed by atoms with Crippen LogP contribution >= 0.6 is 0 Å². The molecule has 1 atom stereocenters. The Morgan fingerprint density at radius 2 is 1.88 bits per heavy atom. The number of quaternary nitrogens is 1. The minimum atomic E-state index is 0.468. The first kappa shape index (κ1) is 6.05. The first-order chi connectivity index (χ1) is 3.61. The average molecular weight is 116 g/mol. The summed E-state index contributed by atoms with van der Waals surface area (Å²) in [5.74, 6) is 0. The van der Waals surface area contributed by atoms with Crippen molar-refractivity contribution < 1.29 is 9.22 Å². The lowest BCUT2D eigenvalue weighted by Gasteiger charge is -2.38. The Kier molecular flexibility index (Phi) is 1.29. The molecule has 0 saturated carbocycles. The summed E-state index contributed by atoms with van der Waals surface area (Å²) in [7, 11) is 6.47. The highest BCUT2D eigenvalue weighted by atomic mass is 16.5. The molecule has 0 aliphatic carbocycles. The molecule has 0 aromatic rings. The molecule has 8 heavy (non-hydrogen) atoms. The lowest BCUT2D eigenvalue weighted by atomic mass is 10.2. The summed E-state index contributed by atoms with van der Waals surface area (Å²) < 4.78 is 6.21. The lowest BCUT2D eigenvalue weighted by molar-refractivity contribution is -0.929. The van der Waals surface area contributed by atoms with E-state index in [1.165, 1.54) is 6.42 Å². The topological polar surface area (TPSA) is 9.23 Å². The summed E-state index contributed by atoms with van der Waals surface area (Å²) in [4.78, 5) is 0. The van der Waals surface area contributed by atoms with Crippen LogP contribution < -0.4 is 0 Å². The predicted octanol–water partition coefficient (Wildman–Crippen LogP) is 0.439. The van der Waals surface area contributed by atoms with E-state index in [1.807, 2.05) is 0 Å². The van der Waals surface area contributed by atoms with Crippen molar-refractivity contribution in [2.24, 2.45) is 0 Å². The van der Waals surface area contributed by atoms with Gasteiger partial charge in [0.25, 0.3) is 0 Å². The fourth-order valence-corrected chi connectivity index (χ4v) is 0.834. The molecule has 0 radical (unpaired) electrons. The van der Waals surface area contributed by atoms with Crippen molar-refractivity contribution in [2.75, 3.05) is 27.7 Å². The molecule has 48 valence electrons. The largest absolute Gasteiger partial charge is 0.329 e. The van der Waals surface area contributed by atoms with E-state index in [0.29, 0.717) is 6.23 Å². The summed E-state index contributed by atoms with van der Waals surface area (Å²) >= 11 is 0. The molecule has 0 aromatic heterocycles. The summed E-state index contributed by atoms with van der Waals surface area (Å²) in [5.41, 5.74) is 0. The van der Waals surface area contributed by atoms with E-state index < -0.39 is 0 Å². The monoisotopic (exact) mass is 116 g/mol. The third kappa shape index (κ3) is 1.01. The van der Waals surface area contributed by atoms with E-state index in [-0.39, 0.29) is 0 Å². The molecule has 1 aliphatic rings. The van der Waals surface area contributed by atoms with E-state index in [2.05, 4.69) is 21.1 Å². The van der Waals surface area contributed by atoms with Gasteiger partial charge in [-0.2, -0.15) is 0 Å². The van der Waals surface area contributed by atoms with Crippen molar-refractivity contribution >= 4 is 0 Å². The second kappa shape index (κ2) is 1.71. The zero-order valence-corrected chi connectivity index (χ0v) is 5.85. The van der Waals surface area contributed by atoms with Gasteiger partial charge in [-0.3, -0.25) is 0 Å². The maximum Gasteiger partial charge on any atom is 0.194 e. The highest BCUT2D eigenvalue weighted by Gasteiger charge is 2.30. The number of nitrogens with zero attached hydrogens (tertiary/aromatic N) is 1. The van der Waals surface area contributed by atoms with Gasteiger partial charge in [0.05, 0.1) is 34.2 Å². The Labute approximate surface area is 50.6 Å². The van der Waals surface area contributed by atoms with Crippen LogP contribution in [0, 0.1) is 0 Å². The summed E-state index contributed by atoms with van der Waals surface area (Å²) in [5, 5.41) is 0. The van der Waals surface area contributed by atoms with E-state index in [1.54, 1.807) is 0 Å². The Morgan fingerprint density at radius 1 is 1.38 bits per heavy atom. The van der Waals surface area contributed by atoms with Gasteiger partial charge in [0, 0.05) is 0 Å². The number of hydrogen-bond donors (Lipinski definition) is 0. The molecule has 1 saturated heterocycles. The average Bonchev–Trinajstić information content (AvgIpc) is 1.16. The predicted molar refractivity (Wildman–Crippen MR) is 32.4 cm³/mol. The fourth-order valence-electron chi connectivity index (χ4n) is 0.834. The van der Waals surface area contributed by atoms with Crippen molar-refractivity contribution in [2.45, 2.75) is 12.6 Å². The van der Waals surface area contributed by atoms with Crippen LogP contribution in [0.1, 0.15) is 6.42 Å². The zero-order valence-electron chi connectivity index (χ0n) is 5.85. The Morgan fingerprint density at radius 3 is 1.88 bits per heavy atom. The molecule has 2 nitrogen and oxygen atoms in total. The van der Waals surface area contributed by atoms with Gasteiger partial charge in [0.2, 0.25) is 0 Å². The van der Waals surface area contributed by atoms with Crippen LogP contribution in [0.2, 0.25) is 0 Å². The zero-order chi connectivity index (χ0) is 6.20. The highest BCUT2D eigenvalue weighted by Crippen LogP contribution is 2.17. The van der Waals surface area contributed by atoms with Gasteiger partial charge in [-0.1, -0.05) is 0 Å². The van der Waals surface area contributed by atoms with Crippen molar-refractivity contribution in [1.82, 2.24) is 0 Å². The van der Waals surface area contributed by atoms with Crippen molar-refractivity contribution in [3.8, 4) is 0 Å². The van der Waals surface area contributed by atoms with Crippen LogP contribution in [0.5, 0.6) is 0 Å². The van der Waals surface area contributed by atoms with Gasteiger partial charge < -0.3 is 9.22 Å². The van der Waals surface area contributed by atoms with Crippen LogP contribution in [-0.4, -0.2) is 38.5 Å². The molecule has 0 bridgehead atoms. The molecule has 0 N–H and O–H groups in total.